The van der Waals surface area contributed by atoms with Crippen molar-refractivity contribution in [2.75, 3.05) is 13.7 Å². The number of hydrogen-bond donors (Lipinski definition) is 1. The summed E-state index contributed by atoms with van der Waals surface area (Å²) >= 11 is 3.33. The van der Waals surface area contributed by atoms with E-state index in [0.29, 0.717) is 5.69 Å². The summed E-state index contributed by atoms with van der Waals surface area (Å²) in [4.78, 5) is 12.0. The van der Waals surface area contributed by atoms with Crippen molar-refractivity contribution in [3.8, 4) is 0 Å². The molecule has 1 aromatic carbocycles. The summed E-state index contributed by atoms with van der Waals surface area (Å²) in [5, 5.41) is 6.03. The van der Waals surface area contributed by atoms with Gasteiger partial charge in [-0.2, -0.15) is 9.40 Å². The van der Waals surface area contributed by atoms with Crippen molar-refractivity contribution >= 4 is 31.9 Å². The second-order valence-electron chi connectivity index (χ2n) is 5.14. The molecule has 1 N–H and O–H groups in total. The molecule has 0 aliphatic heterocycles. The Balaban J connectivity index is 2.33. The number of aromatic amines is 1. The predicted molar refractivity (Wildman–Crippen MR) is 92.1 cm³/mol. The quantitative estimate of drug-likeness (QED) is 0.731. The van der Waals surface area contributed by atoms with Crippen molar-refractivity contribution in [3.05, 3.63) is 45.6 Å². The molecule has 0 fully saturated rings. The summed E-state index contributed by atoms with van der Waals surface area (Å²) in [6.07, 6.45) is 0. The fourth-order valence-corrected chi connectivity index (χ4v) is 3.65. The average molecular weight is 416 g/mol. The van der Waals surface area contributed by atoms with Crippen molar-refractivity contribution in [1.82, 2.24) is 14.5 Å². The molecule has 0 aliphatic rings. The molecule has 24 heavy (non-hydrogen) atoms. The molecule has 2 rings (SSSR count). The van der Waals surface area contributed by atoms with E-state index >= 15 is 0 Å². The van der Waals surface area contributed by atoms with Crippen molar-refractivity contribution in [2.45, 2.75) is 25.4 Å². The monoisotopic (exact) mass is 415 g/mol. The SMILES string of the molecule is CCOC(=O)c1c(S(=O)(=O)N(C)Cc2ccc(Br)cc2)n[nH]c1C. The van der Waals surface area contributed by atoms with Gasteiger partial charge in [-0.3, -0.25) is 5.10 Å². The van der Waals surface area contributed by atoms with Gasteiger partial charge in [0, 0.05) is 23.8 Å². The van der Waals surface area contributed by atoms with Gasteiger partial charge in [-0.15, -0.1) is 0 Å². The summed E-state index contributed by atoms with van der Waals surface area (Å²) in [7, 11) is -2.50. The Morgan fingerprint density at radius 2 is 1.96 bits per heavy atom. The lowest BCUT2D eigenvalue weighted by Gasteiger charge is -2.16. The molecule has 0 radical (unpaired) electrons. The molecule has 0 spiro atoms. The Morgan fingerprint density at radius 1 is 1.33 bits per heavy atom. The van der Waals surface area contributed by atoms with E-state index < -0.39 is 16.0 Å². The van der Waals surface area contributed by atoms with Gasteiger partial charge in [-0.1, -0.05) is 28.1 Å². The molecule has 0 bridgehead atoms. The van der Waals surface area contributed by atoms with E-state index in [1.807, 2.05) is 24.3 Å². The number of aromatic nitrogens is 2. The van der Waals surface area contributed by atoms with Crippen LogP contribution in [0.15, 0.2) is 33.8 Å². The van der Waals surface area contributed by atoms with Crippen LogP contribution in [0.2, 0.25) is 0 Å². The van der Waals surface area contributed by atoms with E-state index in [0.717, 1.165) is 14.3 Å². The molecular formula is C15H18BrN3O4S. The van der Waals surface area contributed by atoms with Gasteiger partial charge in [0.25, 0.3) is 10.0 Å². The van der Waals surface area contributed by atoms with Crippen LogP contribution in [0.25, 0.3) is 0 Å². The van der Waals surface area contributed by atoms with Gasteiger partial charge in [0.1, 0.15) is 5.56 Å². The average Bonchev–Trinajstić information content (AvgIpc) is 2.92. The Bertz CT molecular complexity index is 831. The molecule has 0 atom stereocenters. The first-order valence-electron chi connectivity index (χ1n) is 7.20. The summed E-state index contributed by atoms with van der Waals surface area (Å²) < 4.78 is 32.5. The van der Waals surface area contributed by atoms with Crippen molar-refractivity contribution < 1.29 is 17.9 Å². The highest BCUT2D eigenvalue weighted by Crippen LogP contribution is 2.22. The number of halogens is 1. The molecule has 0 aliphatic carbocycles. The standard InChI is InChI=1S/C15H18BrN3O4S/c1-4-23-15(20)13-10(2)17-18-14(13)24(21,22)19(3)9-11-5-7-12(16)8-6-11/h5-8H,4,9H2,1-3H3,(H,17,18). The number of nitrogens with one attached hydrogen (secondary N) is 1. The maximum Gasteiger partial charge on any atom is 0.343 e. The molecule has 9 heteroatoms. The van der Waals surface area contributed by atoms with Gasteiger partial charge < -0.3 is 4.74 Å². The normalized spacial score (nSPS) is 11.7. The number of benzene rings is 1. The summed E-state index contributed by atoms with van der Waals surface area (Å²) in [5.41, 5.74) is 1.11. The van der Waals surface area contributed by atoms with Crippen LogP contribution in [0.1, 0.15) is 28.5 Å². The molecule has 0 amide bonds. The minimum absolute atomic E-state index is 0.0560. The predicted octanol–water partition coefficient (Wildman–Crippen LogP) is 2.48. The third-order valence-corrected chi connectivity index (χ3v) is 5.63. The van der Waals surface area contributed by atoms with Crippen LogP contribution in [0.3, 0.4) is 0 Å². The molecule has 130 valence electrons. The highest BCUT2D eigenvalue weighted by atomic mass is 79.9. The van der Waals surface area contributed by atoms with Crippen LogP contribution >= 0.6 is 15.9 Å². The number of rotatable bonds is 6. The number of hydrogen-bond acceptors (Lipinski definition) is 5. The molecule has 2 aromatic rings. The number of carbonyl (C=O) groups excluding carboxylic acids is 1. The second-order valence-corrected chi connectivity index (χ2v) is 8.01. The first-order chi connectivity index (χ1) is 11.3. The zero-order valence-corrected chi connectivity index (χ0v) is 15.9. The summed E-state index contributed by atoms with van der Waals surface area (Å²) in [5.74, 6) is -0.709. The van der Waals surface area contributed by atoms with Gasteiger partial charge in [0.05, 0.1) is 6.61 Å². The fraction of sp³-hybridized carbons (Fsp3) is 0.333. The molecule has 7 nitrogen and oxygen atoms in total. The first kappa shape index (κ1) is 18.6. The molecular weight excluding hydrogens is 398 g/mol. The van der Waals surface area contributed by atoms with Crippen LogP contribution in [0, 0.1) is 6.92 Å². The van der Waals surface area contributed by atoms with Gasteiger partial charge in [-0.05, 0) is 31.5 Å². The van der Waals surface area contributed by atoms with E-state index in [1.54, 1.807) is 13.8 Å². The first-order valence-corrected chi connectivity index (χ1v) is 9.43. The summed E-state index contributed by atoms with van der Waals surface area (Å²) in [6, 6.07) is 7.30. The lowest BCUT2D eigenvalue weighted by molar-refractivity contribution is 0.0521. The third kappa shape index (κ3) is 3.85. The van der Waals surface area contributed by atoms with Crippen LogP contribution in [-0.2, 0) is 21.3 Å². The maximum atomic E-state index is 12.8. The van der Waals surface area contributed by atoms with E-state index in [4.69, 9.17) is 4.74 Å². The fourth-order valence-electron chi connectivity index (χ4n) is 2.12. The van der Waals surface area contributed by atoms with E-state index in [-0.39, 0.29) is 23.7 Å². The number of ether oxygens (including phenoxy) is 1. The van der Waals surface area contributed by atoms with E-state index in [2.05, 4.69) is 26.1 Å². The second kappa shape index (κ2) is 7.45. The number of aryl methyl sites for hydroxylation is 1. The maximum absolute atomic E-state index is 12.8. The number of H-pyrrole nitrogens is 1. The number of carbonyl (C=O) groups is 1. The van der Waals surface area contributed by atoms with Gasteiger partial charge >= 0.3 is 5.97 Å². The van der Waals surface area contributed by atoms with Crippen LogP contribution in [0.4, 0.5) is 0 Å². The zero-order valence-electron chi connectivity index (χ0n) is 13.5. The molecule has 1 heterocycles. The third-order valence-electron chi connectivity index (χ3n) is 3.37. The molecule has 0 saturated heterocycles. The van der Waals surface area contributed by atoms with E-state index in [1.165, 1.54) is 7.05 Å². The van der Waals surface area contributed by atoms with Gasteiger partial charge in [0.15, 0.2) is 0 Å². The van der Waals surface area contributed by atoms with Gasteiger partial charge in [-0.25, -0.2) is 13.2 Å². The highest BCUT2D eigenvalue weighted by molar-refractivity contribution is 9.10. The van der Waals surface area contributed by atoms with Crippen molar-refractivity contribution in [1.29, 1.82) is 0 Å². The van der Waals surface area contributed by atoms with Crippen LogP contribution < -0.4 is 0 Å². The van der Waals surface area contributed by atoms with Crippen molar-refractivity contribution in [2.24, 2.45) is 0 Å². The topological polar surface area (TPSA) is 92.4 Å². The molecule has 0 unspecified atom stereocenters. The lowest BCUT2D eigenvalue weighted by Crippen LogP contribution is -2.28. The largest absolute Gasteiger partial charge is 0.462 e. The minimum Gasteiger partial charge on any atom is -0.462 e. The Hall–Kier alpha value is -1.71. The minimum atomic E-state index is -3.94. The molecule has 1 aromatic heterocycles. The van der Waals surface area contributed by atoms with E-state index in [9.17, 15) is 13.2 Å². The Morgan fingerprint density at radius 3 is 2.54 bits per heavy atom. The van der Waals surface area contributed by atoms with Gasteiger partial charge in [0.2, 0.25) is 5.03 Å². The lowest BCUT2D eigenvalue weighted by atomic mass is 10.2. The smallest absolute Gasteiger partial charge is 0.343 e. The summed E-state index contributed by atoms with van der Waals surface area (Å²) in [6.45, 7) is 3.54. The number of nitrogens with zero attached hydrogens (tertiary/aromatic N) is 2. The number of esters is 1. The molecule has 0 saturated carbocycles. The zero-order chi connectivity index (χ0) is 17.9. The van der Waals surface area contributed by atoms with Crippen LogP contribution in [0.5, 0.6) is 0 Å². The van der Waals surface area contributed by atoms with Crippen molar-refractivity contribution in [3.63, 3.8) is 0 Å². The Labute approximate surface area is 149 Å². The highest BCUT2D eigenvalue weighted by Gasteiger charge is 2.32. The number of sulfonamides is 1. The Kier molecular flexibility index (Phi) is 5.79. The van der Waals surface area contributed by atoms with Crippen LogP contribution in [-0.4, -0.2) is 42.5 Å².